The maximum atomic E-state index is 10.8. The third-order valence-electron chi connectivity index (χ3n) is 1.44. The fraction of sp³-hybridized carbons (Fsp3) is 0.625. The van der Waals surface area contributed by atoms with Gasteiger partial charge in [-0.3, -0.25) is 0 Å². The molecule has 0 aromatic heterocycles. The molecule has 0 aromatic rings. The van der Waals surface area contributed by atoms with Crippen molar-refractivity contribution in [1.29, 1.82) is 0 Å². The van der Waals surface area contributed by atoms with Crippen molar-refractivity contribution in [3.63, 3.8) is 0 Å². The summed E-state index contributed by atoms with van der Waals surface area (Å²) in [4.78, 5) is 10.8. The molecule has 0 saturated heterocycles. The van der Waals surface area contributed by atoms with Gasteiger partial charge in [-0.15, -0.1) is 6.58 Å². The van der Waals surface area contributed by atoms with E-state index < -0.39 is 6.09 Å². The van der Waals surface area contributed by atoms with Gasteiger partial charge in [0.1, 0.15) is 0 Å². The molecule has 0 unspecified atom stereocenters. The van der Waals surface area contributed by atoms with E-state index in [1.165, 1.54) is 0 Å². The van der Waals surface area contributed by atoms with Gasteiger partial charge in [-0.1, -0.05) is 6.08 Å². The molecule has 0 aliphatic heterocycles. The Labute approximate surface area is 90.2 Å². The Kier molecular flexibility index (Phi) is 8.13. The van der Waals surface area contributed by atoms with Gasteiger partial charge >= 0.3 is 6.09 Å². The molecule has 0 aromatic carbocycles. The second-order valence-corrected chi connectivity index (χ2v) is 3.66. The molecular formula is C8H15NO2S2. The molecule has 0 fully saturated rings. The first-order chi connectivity index (χ1) is 6.18. The molecule has 0 spiro atoms. The zero-order chi connectivity index (χ0) is 10.1. The molecule has 0 aliphatic rings. The average molecular weight is 221 g/mol. The van der Waals surface area contributed by atoms with E-state index in [0.717, 1.165) is 29.4 Å². The van der Waals surface area contributed by atoms with E-state index in [0.29, 0.717) is 6.61 Å². The summed E-state index contributed by atoms with van der Waals surface area (Å²) < 4.78 is 5.62. The van der Waals surface area contributed by atoms with Crippen LogP contribution in [-0.2, 0) is 4.74 Å². The first-order valence-corrected chi connectivity index (χ1v) is 4.94. The third-order valence-corrected chi connectivity index (χ3v) is 1.77. The van der Waals surface area contributed by atoms with Crippen LogP contribution in [-0.4, -0.2) is 16.4 Å². The van der Waals surface area contributed by atoms with Crippen molar-refractivity contribution in [2.24, 2.45) is 0 Å². The molecule has 5 heteroatoms. The topological polar surface area (TPSA) is 29.5 Å². The van der Waals surface area contributed by atoms with E-state index in [1.807, 2.05) is 6.08 Å². The largest absolute Gasteiger partial charge is 0.448 e. The van der Waals surface area contributed by atoms with Gasteiger partial charge in [-0.05, 0) is 51.3 Å². The first-order valence-electron chi connectivity index (χ1n) is 4.14. The highest BCUT2D eigenvalue weighted by molar-refractivity contribution is 7.94. The van der Waals surface area contributed by atoms with Crippen molar-refractivity contribution in [1.82, 2.24) is 3.71 Å². The highest BCUT2D eigenvalue weighted by Crippen LogP contribution is 2.04. The first kappa shape index (κ1) is 12.7. The molecule has 3 nitrogen and oxygen atoms in total. The number of allylic oxidation sites excluding steroid dienone is 1. The Morgan fingerprint density at radius 2 is 2.08 bits per heavy atom. The molecular weight excluding hydrogens is 206 g/mol. The van der Waals surface area contributed by atoms with E-state index in [2.05, 4.69) is 32.2 Å². The molecule has 0 bridgehead atoms. The molecule has 0 rings (SSSR count). The van der Waals surface area contributed by atoms with E-state index in [-0.39, 0.29) is 0 Å². The number of amides is 1. The number of unbranched alkanes of at least 4 members (excludes halogenated alkanes) is 3. The summed E-state index contributed by atoms with van der Waals surface area (Å²) in [6.45, 7) is 4.04. The predicted octanol–water partition coefficient (Wildman–Crippen LogP) is 2.86. The van der Waals surface area contributed by atoms with E-state index >= 15 is 0 Å². The fourth-order valence-electron chi connectivity index (χ4n) is 0.785. The van der Waals surface area contributed by atoms with Crippen LogP contribution in [0.5, 0.6) is 0 Å². The van der Waals surface area contributed by atoms with Crippen LogP contribution in [0.2, 0.25) is 0 Å². The van der Waals surface area contributed by atoms with Crippen molar-refractivity contribution in [2.75, 3.05) is 6.61 Å². The third kappa shape index (κ3) is 8.05. The van der Waals surface area contributed by atoms with E-state index in [9.17, 15) is 4.79 Å². The SMILES string of the molecule is C=CCCCCCOC(=O)N(S)S. The summed E-state index contributed by atoms with van der Waals surface area (Å²) in [6, 6.07) is 0. The van der Waals surface area contributed by atoms with Gasteiger partial charge in [0.25, 0.3) is 0 Å². The smallest absolute Gasteiger partial charge is 0.429 e. The Morgan fingerprint density at radius 1 is 1.38 bits per heavy atom. The number of thiol groups is 2. The minimum Gasteiger partial charge on any atom is -0.448 e. The normalized spacial score (nSPS) is 9.38. The highest BCUT2D eigenvalue weighted by Gasteiger charge is 2.04. The number of carbonyl (C=O) groups excluding carboxylic acids is 1. The molecule has 0 radical (unpaired) electrons. The number of hydrogen-bond acceptors (Lipinski definition) is 4. The van der Waals surface area contributed by atoms with Crippen LogP contribution in [0.25, 0.3) is 0 Å². The second-order valence-electron chi connectivity index (χ2n) is 2.54. The number of carbonyl (C=O) groups is 1. The van der Waals surface area contributed by atoms with Crippen molar-refractivity contribution in [3.05, 3.63) is 12.7 Å². The molecule has 0 N–H and O–H groups in total. The van der Waals surface area contributed by atoms with Crippen LogP contribution < -0.4 is 0 Å². The van der Waals surface area contributed by atoms with Gasteiger partial charge in [0.15, 0.2) is 0 Å². The van der Waals surface area contributed by atoms with E-state index in [1.54, 1.807) is 0 Å². The Balaban J connectivity index is 3.16. The lowest BCUT2D eigenvalue weighted by Gasteiger charge is -2.07. The molecule has 76 valence electrons. The summed E-state index contributed by atoms with van der Waals surface area (Å²) >= 11 is 7.32. The lowest BCUT2D eigenvalue weighted by atomic mass is 10.2. The highest BCUT2D eigenvalue weighted by atomic mass is 32.2. The quantitative estimate of drug-likeness (QED) is 0.410. The fourth-order valence-corrected chi connectivity index (χ4v) is 0.900. The Morgan fingerprint density at radius 3 is 2.62 bits per heavy atom. The molecule has 0 saturated carbocycles. The van der Waals surface area contributed by atoms with Crippen LogP contribution in [0.1, 0.15) is 25.7 Å². The maximum Gasteiger partial charge on any atom is 0.429 e. The summed E-state index contributed by atoms with van der Waals surface area (Å²) in [5.74, 6) is 0. The van der Waals surface area contributed by atoms with Crippen molar-refractivity contribution < 1.29 is 9.53 Å². The van der Waals surface area contributed by atoms with Gasteiger partial charge < -0.3 is 4.74 Å². The Bertz CT molecular complexity index is 162. The van der Waals surface area contributed by atoms with Gasteiger partial charge in [0, 0.05) is 0 Å². The monoisotopic (exact) mass is 221 g/mol. The van der Waals surface area contributed by atoms with Crippen molar-refractivity contribution >= 4 is 31.7 Å². The van der Waals surface area contributed by atoms with Gasteiger partial charge in [0.2, 0.25) is 0 Å². The minimum absolute atomic E-state index is 0.424. The van der Waals surface area contributed by atoms with E-state index in [4.69, 9.17) is 4.74 Å². The molecule has 0 aliphatic carbocycles. The van der Waals surface area contributed by atoms with Crippen LogP contribution in [0.3, 0.4) is 0 Å². The zero-order valence-corrected chi connectivity index (χ0v) is 9.27. The van der Waals surface area contributed by atoms with Crippen LogP contribution >= 0.6 is 25.6 Å². The number of hydrogen-bond donors (Lipinski definition) is 2. The van der Waals surface area contributed by atoms with Crippen LogP contribution in [0.15, 0.2) is 12.7 Å². The lowest BCUT2D eigenvalue weighted by Crippen LogP contribution is -2.13. The summed E-state index contributed by atoms with van der Waals surface area (Å²) in [6.07, 6.45) is 5.37. The van der Waals surface area contributed by atoms with Crippen molar-refractivity contribution in [2.45, 2.75) is 25.7 Å². The van der Waals surface area contributed by atoms with Gasteiger partial charge in [0.05, 0.1) is 6.61 Å². The summed E-state index contributed by atoms with van der Waals surface area (Å²) in [5.41, 5.74) is 0. The lowest BCUT2D eigenvalue weighted by molar-refractivity contribution is 0.140. The van der Waals surface area contributed by atoms with Crippen molar-refractivity contribution in [3.8, 4) is 0 Å². The molecule has 1 amide bonds. The molecule has 13 heavy (non-hydrogen) atoms. The zero-order valence-electron chi connectivity index (χ0n) is 7.48. The minimum atomic E-state index is -0.532. The molecule has 0 heterocycles. The average Bonchev–Trinajstić information content (AvgIpc) is 2.10. The van der Waals surface area contributed by atoms with Crippen LogP contribution in [0.4, 0.5) is 4.79 Å². The Hall–Kier alpha value is -0.290. The van der Waals surface area contributed by atoms with Crippen LogP contribution in [0, 0.1) is 0 Å². The predicted molar refractivity (Wildman–Crippen MR) is 59.8 cm³/mol. The number of ether oxygens (including phenoxy) is 1. The number of rotatable bonds is 6. The number of nitrogens with zero attached hydrogens (tertiary/aromatic N) is 1. The van der Waals surface area contributed by atoms with Gasteiger partial charge in [-0.25, -0.2) is 4.79 Å². The second kappa shape index (κ2) is 8.31. The molecule has 0 atom stereocenters. The maximum absolute atomic E-state index is 10.8. The van der Waals surface area contributed by atoms with Gasteiger partial charge in [-0.2, -0.15) is 3.71 Å². The summed E-state index contributed by atoms with van der Waals surface area (Å²) in [7, 11) is 0. The standard InChI is InChI=1S/C8H15NO2S2/c1-2-3-4-5-6-7-11-8(10)9(12)13/h2,12-13H,1,3-7H2. The summed E-state index contributed by atoms with van der Waals surface area (Å²) in [5, 5.41) is 0.